The highest BCUT2D eigenvalue weighted by atomic mass is 35.5. The second-order valence-electron chi connectivity index (χ2n) is 4.25. The third-order valence-corrected chi connectivity index (χ3v) is 3.70. The van der Waals surface area contributed by atoms with Crippen LogP contribution in [0.15, 0.2) is 18.2 Å². The molecule has 1 rings (SSSR count). The maximum absolute atomic E-state index is 11.9. The van der Waals surface area contributed by atoms with Crippen LogP contribution in [0.1, 0.15) is 18.9 Å². The molecule has 0 radical (unpaired) electrons. The summed E-state index contributed by atoms with van der Waals surface area (Å²) in [6.07, 6.45) is 0.996. The summed E-state index contributed by atoms with van der Waals surface area (Å²) in [6, 6.07) is 5.24. The van der Waals surface area contributed by atoms with E-state index in [4.69, 9.17) is 32.7 Å². The van der Waals surface area contributed by atoms with Crippen LogP contribution in [0.2, 0.25) is 10.0 Å². The number of hydrogen-bond acceptors (Lipinski definition) is 3. The van der Waals surface area contributed by atoms with Crippen molar-refractivity contribution >= 4 is 29.2 Å². The molecule has 3 nitrogen and oxygen atoms in total. The number of rotatable bonds is 6. The number of esters is 1. The molecular formula is C14H18Cl2O3. The number of carbonyl (C=O) groups excluding carboxylic acids is 1. The minimum atomic E-state index is -0.376. The summed E-state index contributed by atoms with van der Waals surface area (Å²) in [5.41, 5.74) is 0.858. The molecule has 5 heteroatoms. The molecule has 2 atom stereocenters. The topological polar surface area (TPSA) is 35.5 Å². The Balaban J connectivity index is 2.96. The zero-order valence-corrected chi connectivity index (χ0v) is 12.8. The van der Waals surface area contributed by atoms with Gasteiger partial charge in [0.25, 0.3) is 0 Å². The third-order valence-electron chi connectivity index (χ3n) is 3.11. The van der Waals surface area contributed by atoms with Gasteiger partial charge in [0.05, 0.1) is 19.1 Å². The summed E-state index contributed by atoms with van der Waals surface area (Å²) in [7, 11) is 2.97. The van der Waals surface area contributed by atoms with Crippen LogP contribution in [0.25, 0.3) is 0 Å². The first-order chi connectivity index (χ1) is 9.03. The summed E-state index contributed by atoms with van der Waals surface area (Å²) < 4.78 is 10.2. The van der Waals surface area contributed by atoms with Crippen molar-refractivity contribution in [2.75, 3.05) is 14.2 Å². The molecule has 0 N–H and O–H groups in total. The Morgan fingerprint density at radius 2 is 2.00 bits per heavy atom. The molecule has 106 valence electrons. The van der Waals surface area contributed by atoms with Crippen molar-refractivity contribution in [2.45, 2.75) is 25.9 Å². The van der Waals surface area contributed by atoms with Gasteiger partial charge in [-0.3, -0.25) is 4.79 Å². The Kier molecular flexibility index (Phi) is 6.63. The maximum atomic E-state index is 11.9. The summed E-state index contributed by atoms with van der Waals surface area (Å²) in [6.45, 7) is 1.97. The first-order valence-corrected chi connectivity index (χ1v) is 6.83. The van der Waals surface area contributed by atoms with E-state index < -0.39 is 0 Å². The van der Waals surface area contributed by atoms with E-state index in [1.165, 1.54) is 7.11 Å². The van der Waals surface area contributed by atoms with Gasteiger partial charge in [-0.2, -0.15) is 0 Å². The van der Waals surface area contributed by atoms with Gasteiger partial charge in [0.1, 0.15) is 0 Å². The lowest BCUT2D eigenvalue weighted by Crippen LogP contribution is -2.32. The van der Waals surface area contributed by atoms with Crippen LogP contribution >= 0.6 is 23.2 Å². The highest BCUT2D eigenvalue weighted by Gasteiger charge is 2.29. The highest BCUT2D eigenvalue weighted by molar-refractivity contribution is 6.35. The molecule has 2 unspecified atom stereocenters. The number of ether oxygens (including phenoxy) is 2. The fraction of sp³-hybridized carbons (Fsp3) is 0.500. The number of halogens is 2. The summed E-state index contributed by atoms with van der Waals surface area (Å²) >= 11 is 12.0. The van der Waals surface area contributed by atoms with Gasteiger partial charge in [-0.25, -0.2) is 0 Å². The van der Waals surface area contributed by atoms with E-state index >= 15 is 0 Å². The van der Waals surface area contributed by atoms with E-state index in [2.05, 4.69) is 0 Å². The average Bonchev–Trinajstić information content (AvgIpc) is 2.40. The maximum Gasteiger partial charge on any atom is 0.311 e. The molecule has 1 aromatic carbocycles. The number of carbonyl (C=O) groups is 1. The molecule has 0 saturated heterocycles. The molecule has 0 aliphatic carbocycles. The predicted molar refractivity (Wildman–Crippen MR) is 76.8 cm³/mol. The zero-order valence-electron chi connectivity index (χ0n) is 11.3. The van der Waals surface area contributed by atoms with Crippen LogP contribution in [0, 0.1) is 5.92 Å². The van der Waals surface area contributed by atoms with Crippen molar-refractivity contribution in [1.29, 1.82) is 0 Å². The van der Waals surface area contributed by atoms with Crippen molar-refractivity contribution in [3.63, 3.8) is 0 Å². The first kappa shape index (κ1) is 16.3. The largest absolute Gasteiger partial charge is 0.469 e. The monoisotopic (exact) mass is 304 g/mol. The summed E-state index contributed by atoms with van der Waals surface area (Å²) in [4.78, 5) is 11.9. The third kappa shape index (κ3) is 4.37. The Labute approximate surface area is 123 Å². The van der Waals surface area contributed by atoms with E-state index in [9.17, 15) is 4.79 Å². The van der Waals surface area contributed by atoms with Gasteiger partial charge in [-0.1, -0.05) is 36.2 Å². The van der Waals surface area contributed by atoms with Crippen molar-refractivity contribution in [3.05, 3.63) is 33.8 Å². The van der Waals surface area contributed by atoms with E-state index in [1.54, 1.807) is 19.2 Å². The second-order valence-corrected chi connectivity index (χ2v) is 5.10. The molecule has 19 heavy (non-hydrogen) atoms. The number of hydrogen-bond donors (Lipinski definition) is 0. The lowest BCUT2D eigenvalue weighted by atomic mass is 9.92. The molecule has 0 aliphatic heterocycles. The van der Waals surface area contributed by atoms with Crippen molar-refractivity contribution in [1.82, 2.24) is 0 Å². The van der Waals surface area contributed by atoms with Gasteiger partial charge < -0.3 is 9.47 Å². The Morgan fingerprint density at radius 3 is 2.47 bits per heavy atom. The van der Waals surface area contributed by atoms with Gasteiger partial charge in [0.2, 0.25) is 0 Å². The van der Waals surface area contributed by atoms with E-state index in [1.807, 2.05) is 13.0 Å². The summed E-state index contributed by atoms with van der Waals surface area (Å²) in [5.74, 6) is -0.668. The van der Waals surface area contributed by atoms with Crippen molar-refractivity contribution in [3.8, 4) is 0 Å². The lowest BCUT2D eigenvalue weighted by Gasteiger charge is -2.23. The number of benzene rings is 1. The SMILES string of the molecule is CCC(OC)C(Cc1ccc(Cl)cc1Cl)C(=O)OC. The lowest BCUT2D eigenvalue weighted by molar-refractivity contribution is -0.150. The smallest absolute Gasteiger partial charge is 0.311 e. The van der Waals surface area contributed by atoms with E-state index in [-0.39, 0.29) is 18.0 Å². The minimum Gasteiger partial charge on any atom is -0.469 e. The van der Waals surface area contributed by atoms with E-state index in [0.717, 1.165) is 12.0 Å². The highest BCUT2D eigenvalue weighted by Crippen LogP contribution is 2.26. The van der Waals surface area contributed by atoms with Gasteiger partial charge in [-0.15, -0.1) is 0 Å². The average molecular weight is 305 g/mol. The van der Waals surface area contributed by atoms with Crippen LogP contribution in [0.5, 0.6) is 0 Å². The fourth-order valence-electron chi connectivity index (χ4n) is 2.06. The molecule has 0 aromatic heterocycles. The quantitative estimate of drug-likeness (QED) is 0.751. The van der Waals surface area contributed by atoms with Crippen LogP contribution < -0.4 is 0 Å². The normalized spacial score (nSPS) is 13.9. The van der Waals surface area contributed by atoms with Crippen LogP contribution in [0.3, 0.4) is 0 Å². The zero-order chi connectivity index (χ0) is 14.4. The second kappa shape index (κ2) is 7.73. The van der Waals surface area contributed by atoms with Gasteiger partial charge in [0, 0.05) is 17.2 Å². The molecular weight excluding hydrogens is 287 g/mol. The Bertz CT molecular complexity index is 431. The molecule has 0 heterocycles. The molecule has 1 aromatic rings. The molecule has 0 bridgehead atoms. The van der Waals surface area contributed by atoms with Crippen LogP contribution in [0.4, 0.5) is 0 Å². The molecule has 0 aliphatic rings. The van der Waals surface area contributed by atoms with Gasteiger partial charge in [0.15, 0.2) is 0 Å². The fourth-order valence-corrected chi connectivity index (χ4v) is 2.54. The van der Waals surface area contributed by atoms with Crippen LogP contribution in [-0.4, -0.2) is 26.3 Å². The number of methoxy groups -OCH3 is 2. The van der Waals surface area contributed by atoms with Gasteiger partial charge >= 0.3 is 5.97 Å². The van der Waals surface area contributed by atoms with Gasteiger partial charge in [-0.05, 0) is 30.5 Å². The molecule has 0 saturated carbocycles. The Hall–Kier alpha value is -0.770. The van der Waals surface area contributed by atoms with Crippen LogP contribution in [-0.2, 0) is 20.7 Å². The first-order valence-electron chi connectivity index (χ1n) is 6.08. The van der Waals surface area contributed by atoms with E-state index in [0.29, 0.717) is 16.5 Å². The summed E-state index contributed by atoms with van der Waals surface area (Å²) in [5, 5.41) is 1.12. The standard InChI is InChI=1S/C14H18Cl2O3/c1-4-13(18-2)11(14(17)19-3)7-9-5-6-10(15)8-12(9)16/h5-6,8,11,13H,4,7H2,1-3H3. The molecule has 0 fully saturated rings. The predicted octanol–water partition coefficient (Wildman–Crippen LogP) is 3.75. The Morgan fingerprint density at radius 1 is 1.32 bits per heavy atom. The molecule has 0 amide bonds. The van der Waals surface area contributed by atoms with Crippen molar-refractivity contribution < 1.29 is 14.3 Å². The minimum absolute atomic E-state index is 0.195. The van der Waals surface area contributed by atoms with Crippen molar-refractivity contribution in [2.24, 2.45) is 5.92 Å². The molecule has 0 spiro atoms.